The number of aryl methyl sites for hydroxylation is 1. The second kappa shape index (κ2) is 5.50. The lowest BCUT2D eigenvalue weighted by atomic mass is 9.86. The SMILES string of the molecule is N#Cc1ccccc1N1C(=O)C[C@@]2(O)Cc3c(sc4c3CCCC4)N=C12. The van der Waals surface area contributed by atoms with Gasteiger partial charge >= 0.3 is 0 Å². The first-order valence-corrected chi connectivity index (χ1v) is 9.69. The van der Waals surface area contributed by atoms with E-state index in [1.807, 2.05) is 0 Å². The third-order valence-electron chi connectivity index (χ3n) is 5.52. The fraction of sp³-hybridized carbons (Fsp3) is 0.350. The van der Waals surface area contributed by atoms with Gasteiger partial charge in [0, 0.05) is 11.3 Å². The van der Waals surface area contributed by atoms with Gasteiger partial charge in [-0.1, -0.05) is 12.1 Å². The second-order valence-corrected chi connectivity index (χ2v) is 8.26. The van der Waals surface area contributed by atoms with Crippen LogP contribution in [-0.2, 0) is 24.1 Å². The van der Waals surface area contributed by atoms with E-state index in [0.29, 0.717) is 23.5 Å². The summed E-state index contributed by atoms with van der Waals surface area (Å²) in [6.45, 7) is 0. The molecule has 26 heavy (non-hydrogen) atoms. The number of aliphatic imine (C=N–C) groups is 1. The maximum absolute atomic E-state index is 12.8. The number of fused-ring (bicyclic) bond motifs is 4. The number of amidine groups is 1. The van der Waals surface area contributed by atoms with Gasteiger partial charge in [-0.15, -0.1) is 11.3 Å². The number of aliphatic hydroxyl groups is 1. The number of anilines is 1. The summed E-state index contributed by atoms with van der Waals surface area (Å²) in [5.41, 5.74) is 2.09. The van der Waals surface area contributed by atoms with E-state index in [1.165, 1.54) is 28.2 Å². The molecule has 1 aliphatic carbocycles. The summed E-state index contributed by atoms with van der Waals surface area (Å²) in [5, 5.41) is 21.6. The van der Waals surface area contributed by atoms with E-state index >= 15 is 0 Å². The third kappa shape index (κ3) is 2.11. The highest BCUT2D eigenvalue weighted by Crippen LogP contribution is 2.47. The van der Waals surface area contributed by atoms with Crippen molar-refractivity contribution in [3.8, 4) is 6.07 Å². The Balaban J connectivity index is 1.67. The van der Waals surface area contributed by atoms with Crippen LogP contribution in [0.25, 0.3) is 0 Å². The lowest BCUT2D eigenvalue weighted by Crippen LogP contribution is -2.44. The van der Waals surface area contributed by atoms with Gasteiger partial charge in [-0.05, 0) is 48.9 Å². The highest BCUT2D eigenvalue weighted by molar-refractivity contribution is 7.16. The summed E-state index contributed by atoms with van der Waals surface area (Å²) in [5.74, 6) is 0.161. The van der Waals surface area contributed by atoms with Crippen molar-refractivity contribution in [3.05, 3.63) is 45.8 Å². The van der Waals surface area contributed by atoms with Gasteiger partial charge in [-0.2, -0.15) is 5.26 Å². The smallest absolute Gasteiger partial charge is 0.235 e. The molecule has 1 saturated heterocycles. The molecule has 1 amide bonds. The van der Waals surface area contributed by atoms with Gasteiger partial charge in [0.1, 0.15) is 16.7 Å². The zero-order valence-corrected chi connectivity index (χ0v) is 15.0. The zero-order chi connectivity index (χ0) is 17.9. The lowest BCUT2D eigenvalue weighted by Gasteiger charge is -2.29. The molecule has 0 spiro atoms. The van der Waals surface area contributed by atoms with Crippen molar-refractivity contribution in [1.29, 1.82) is 5.26 Å². The number of hydrogen-bond acceptors (Lipinski definition) is 5. The van der Waals surface area contributed by atoms with Crippen molar-refractivity contribution >= 4 is 33.8 Å². The molecule has 0 unspecified atom stereocenters. The summed E-state index contributed by atoms with van der Waals surface area (Å²) in [6, 6.07) is 9.10. The van der Waals surface area contributed by atoms with E-state index in [1.54, 1.807) is 35.6 Å². The van der Waals surface area contributed by atoms with Crippen molar-refractivity contribution in [2.45, 2.75) is 44.1 Å². The van der Waals surface area contributed by atoms with E-state index in [-0.39, 0.29) is 12.3 Å². The third-order valence-corrected chi connectivity index (χ3v) is 6.75. The molecule has 6 heteroatoms. The summed E-state index contributed by atoms with van der Waals surface area (Å²) in [4.78, 5) is 20.3. The average molecular weight is 363 g/mol. The molecule has 5 rings (SSSR count). The van der Waals surface area contributed by atoms with Crippen LogP contribution in [-0.4, -0.2) is 22.5 Å². The highest BCUT2D eigenvalue weighted by atomic mass is 32.1. The molecular formula is C20H17N3O2S. The standard InChI is InChI=1S/C20H17N3O2S/c21-11-12-5-1-3-7-15(12)23-17(24)10-20(25)9-14-13-6-2-4-8-16(13)26-18(14)22-19(20)23/h1,3,5,7,25H,2,4,6,8-10H2/t20-/m0/s1. The van der Waals surface area contributed by atoms with Gasteiger partial charge in [0.05, 0.1) is 17.7 Å². The Labute approximate surface area is 155 Å². The predicted molar refractivity (Wildman–Crippen MR) is 100.0 cm³/mol. The number of nitrogens with zero attached hydrogens (tertiary/aromatic N) is 3. The molecule has 1 aromatic heterocycles. The molecule has 1 atom stereocenters. The molecule has 1 aromatic carbocycles. The maximum atomic E-state index is 12.8. The van der Waals surface area contributed by atoms with Crippen LogP contribution in [0.4, 0.5) is 10.7 Å². The maximum Gasteiger partial charge on any atom is 0.235 e. The Bertz CT molecular complexity index is 1020. The minimum atomic E-state index is -1.28. The van der Waals surface area contributed by atoms with Gasteiger partial charge in [-0.25, -0.2) is 4.99 Å². The topological polar surface area (TPSA) is 76.7 Å². The normalized spacial score (nSPS) is 23.8. The summed E-state index contributed by atoms with van der Waals surface area (Å²) in [6.07, 6.45) is 4.94. The van der Waals surface area contributed by atoms with E-state index < -0.39 is 5.60 Å². The number of amides is 1. The number of benzene rings is 1. The number of carbonyl (C=O) groups excluding carboxylic acids is 1. The van der Waals surface area contributed by atoms with E-state index in [2.05, 4.69) is 6.07 Å². The van der Waals surface area contributed by atoms with Crippen LogP contribution in [0.1, 0.15) is 40.8 Å². The van der Waals surface area contributed by atoms with Gasteiger partial charge in [-0.3, -0.25) is 9.69 Å². The monoisotopic (exact) mass is 363 g/mol. The van der Waals surface area contributed by atoms with Crippen LogP contribution >= 0.6 is 11.3 Å². The minimum absolute atomic E-state index is 0.00958. The number of thiophene rings is 1. The number of hydrogen-bond donors (Lipinski definition) is 1. The molecule has 1 N–H and O–H groups in total. The van der Waals surface area contributed by atoms with E-state index in [9.17, 15) is 15.2 Å². The lowest BCUT2D eigenvalue weighted by molar-refractivity contribution is -0.118. The summed E-state index contributed by atoms with van der Waals surface area (Å²) >= 11 is 1.69. The average Bonchev–Trinajstić information content (AvgIpc) is 3.12. The molecule has 2 aliphatic heterocycles. The fourth-order valence-corrected chi connectivity index (χ4v) is 5.60. The van der Waals surface area contributed by atoms with Crippen LogP contribution in [0.3, 0.4) is 0 Å². The van der Waals surface area contributed by atoms with Crippen LogP contribution in [0, 0.1) is 11.3 Å². The van der Waals surface area contributed by atoms with E-state index in [0.717, 1.165) is 23.4 Å². The van der Waals surface area contributed by atoms with Crippen LogP contribution in [0.15, 0.2) is 29.3 Å². The molecule has 0 radical (unpaired) electrons. The molecule has 5 nitrogen and oxygen atoms in total. The molecule has 2 aromatic rings. The van der Waals surface area contributed by atoms with Crippen molar-refractivity contribution in [1.82, 2.24) is 0 Å². The number of rotatable bonds is 1. The Kier molecular flexibility index (Phi) is 3.33. The molecule has 3 aliphatic rings. The van der Waals surface area contributed by atoms with Gasteiger partial charge in [0.25, 0.3) is 0 Å². The van der Waals surface area contributed by atoms with Gasteiger partial charge in [0.15, 0.2) is 5.84 Å². The number of para-hydroxylation sites is 1. The first-order valence-electron chi connectivity index (χ1n) is 8.88. The summed E-state index contributed by atoms with van der Waals surface area (Å²) in [7, 11) is 0. The van der Waals surface area contributed by atoms with Crippen molar-refractivity contribution < 1.29 is 9.90 Å². The van der Waals surface area contributed by atoms with Crippen LogP contribution in [0.2, 0.25) is 0 Å². The Hall–Kier alpha value is -2.49. The largest absolute Gasteiger partial charge is 0.381 e. The van der Waals surface area contributed by atoms with Crippen molar-refractivity contribution in [2.75, 3.05) is 4.90 Å². The van der Waals surface area contributed by atoms with Crippen molar-refractivity contribution in [2.24, 2.45) is 4.99 Å². The minimum Gasteiger partial charge on any atom is -0.381 e. The fourth-order valence-electron chi connectivity index (χ4n) is 4.32. The Morgan fingerprint density at radius 3 is 2.85 bits per heavy atom. The Morgan fingerprint density at radius 1 is 1.19 bits per heavy atom. The number of nitriles is 1. The molecule has 130 valence electrons. The first-order chi connectivity index (χ1) is 12.6. The molecule has 0 bridgehead atoms. The van der Waals surface area contributed by atoms with Crippen molar-refractivity contribution in [3.63, 3.8) is 0 Å². The quantitative estimate of drug-likeness (QED) is 0.845. The van der Waals surface area contributed by atoms with Gasteiger partial charge in [0.2, 0.25) is 5.91 Å². The highest BCUT2D eigenvalue weighted by Gasteiger charge is 2.52. The van der Waals surface area contributed by atoms with Crippen LogP contribution < -0.4 is 4.90 Å². The number of carbonyl (C=O) groups is 1. The Morgan fingerprint density at radius 2 is 2.00 bits per heavy atom. The van der Waals surface area contributed by atoms with Gasteiger partial charge < -0.3 is 5.11 Å². The van der Waals surface area contributed by atoms with E-state index in [4.69, 9.17) is 4.99 Å². The molecular weight excluding hydrogens is 346 g/mol. The second-order valence-electron chi connectivity index (χ2n) is 7.17. The zero-order valence-electron chi connectivity index (χ0n) is 14.2. The molecule has 1 fully saturated rings. The predicted octanol–water partition coefficient (Wildman–Crippen LogP) is 3.25. The molecule has 0 saturated carbocycles. The first kappa shape index (κ1) is 15.7. The summed E-state index contributed by atoms with van der Waals surface area (Å²) < 4.78 is 0. The van der Waals surface area contributed by atoms with Crippen LogP contribution in [0.5, 0.6) is 0 Å². The molecule has 3 heterocycles.